The van der Waals surface area contributed by atoms with Gasteiger partial charge in [0.05, 0.1) is 3.79 Å². The zero-order valence-electron chi connectivity index (χ0n) is 8.61. The maximum atomic E-state index is 11.8. The number of Topliss-reactive ketones (excluding diaryl/α,β-unsaturated/α-hetero) is 1. The van der Waals surface area contributed by atoms with E-state index in [1.54, 1.807) is 23.7 Å². The molecule has 3 nitrogen and oxygen atoms in total. The van der Waals surface area contributed by atoms with Gasteiger partial charge in [0, 0.05) is 23.7 Å². The number of rotatable bonds is 3. The van der Waals surface area contributed by atoms with Crippen molar-refractivity contribution in [2.45, 2.75) is 13.3 Å². The van der Waals surface area contributed by atoms with Crippen LogP contribution in [0.2, 0.25) is 0 Å². The van der Waals surface area contributed by atoms with Crippen molar-refractivity contribution in [2.24, 2.45) is 0 Å². The van der Waals surface area contributed by atoms with Gasteiger partial charge in [0.1, 0.15) is 0 Å². The zero-order valence-corrected chi connectivity index (χ0v) is 11.0. The van der Waals surface area contributed by atoms with E-state index in [1.165, 1.54) is 0 Å². The van der Waals surface area contributed by atoms with Crippen LogP contribution >= 0.6 is 27.3 Å². The number of nitrogens with zero attached hydrogens (tertiary/aromatic N) is 2. The van der Waals surface area contributed by atoms with Crippen LogP contribution in [0.3, 0.4) is 0 Å². The van der Waals surface area contributed by atoms with Gasteiger partial charge < -0.3 is 0 Å². The number of thiophene rings is 1. The number of aromatic nitrogens is 2. The highest BCUT2D eigenvalue weighted by molar-refractivity contribution is 9.11. The van der Waals surface area contributed by atoms with Gasteiger partial charge in [0.25, 0.3) is 0 Å². The summed E-state index contributed by atoms with van der Waals surface area (Å²) in [6, 6.07) is 3.87. The van der Waals surface area contributed by atoms with Crippen LogP contribution in [0.4, 0.5) is 0 Å². The average molecular weight is 297 g/mol. The monoisotopic (exact) mass is 296 g/mol. The van der Waals surface area contributed by atoms with Gasteiger partial charge in [0.2, 0.25) is 5.78 Å². The Kier molecular flexibility index (Phi) is 3.46. The summed E-state index contributed by atoms with van der Waals surface area (Å²) in [5.41, 5.74) is 0.954. The molecule has 2 heterocycles. The summed E-state index contributed by atoms with van der Waals surface area (Å²) >= 11 is 4.92. The fraction of sp³-hybridized carbons (Fsp3) is 0.182. The van der Waals surface area contributed by atoms with Crippen LogP contribution < -0.4 is 0 Å². The van der Waals surface area contributed by atoms with Gasteiger partial charge in [-0.05, 0) is 40.5 Å². The van der Waals surface area contributed by atoms with E-state index < -0.39 is 0 Å². The molecule has 2 rings (SSSR count). The van der Waals surface area contributed by atoms with Crippen molar-refractivity contribution in [1.82, 2.24) is 9.97 Å². The molecule has 16 heavy (non-hydrogen) atoms. The van der Waals surface area contributed by atoms with E-state index in [0.29, 0.717) is 6.42 Å². The Labute approximate surface area is 106 Å². The quantitative estimate of drug-likeness (QED) is 0.818. The molecule has 0 amide bonds. The fourth-order valence-electron chi connectivity index (χ4n) is 1.22. The van der Waals surface area contributed by atoms with Crippen molar-refractivity contribution >= 4 is 33.0 Å². The second-order valence-corrected chi connectivity index (χ2v) is 5.94. The molecule has 0 saturated heterocycles. The summed E-state index contributed by atoms with van der Waals surface area (Å²) in [7, 11) is 0. The molecule has 2 aromatic rings. The Bertz CT molecular complexity index is 507. The number of hydrogen-bond donors (Lipinski definition) is 0. The first kappa shape index (κ1) is 11.4. The zero-order chi connectivity index (χ0) is 11.5. The Morgan fingerprint density at radius 3 is 2.62 bits per heavy atom. The second-order valence-electron chi connectivity index (χ2n) is 3.39. The minimum Gasteiger partial charge on any atom is -0.290 e. The molecule has 0 bridgehead atoms. The Balaban J connectivity index is 2.11. The molecule has 0 spiro atoms. The highest BCUT2D eigenvalue weighted by atomic mass is 79.9. The van der Waals surface area contributed by atoms with E-state index in [-0.39, 0.29) is 11.6 Å². The maximum Gasteiger partial charge on any atom is 0.205 e. The van der Waals surface area contributed by atoms with Crippen molar-refractivity contribution < 1.29 is 4.79 Å². The molecule has 2 aromatic heterocycles. The van der Waals surface area contributed by atoms with E-state index in [0.717, 1.165) is 14.2 Å². The third-order valence-corrected chi connectivity index (χ3v) is 3.62. The smallest absolute Gasteiger partial charge is 0.205 e. The first-order valence-corrected chi connectivity index (χ1v) is 6.32. The first-order valence-electron chi connectivity index (χ1n) is 4.71. The second kappa shape index (κ2) is 4.84. The van der Waals surface area contributed by atoms with Crippen molar-refractivity contribution in [3.63, 3.8) is 0 Å². The lowest BCUT2D eigenvalue weighted by Crippen LogP contribution is -2.07. The highest BCUT2D eigenvalue weighted by Crippen LogP contribution is 2.22. The molecule has 0 radical (unpaired) electrons. The number of carbonyl (C=O) groups is 1. The Morgan fingerprint density at radius 1 is 1.38 bits per heavy atom. The lowest BCUT2D eigenvalue weighted by molar-refractivity contribution is 0.0984. The van der Waals surface area contributed by atoms with Crippen molar-refractivity contribution in [2.75, 3.05) is 0 Å². The minimum absolute atomic E-state index is 0.0469. The van der Waals surface area contributed by atoms with Crippen molar-refractivity contribution in [3.05, 3.63) is 44.6 Å². The number of ketones is 1. The van der Waals surface area contributed by atoms with E-state index in [9.17, 15) is 4.79 Å². The van der Waals surface area contributed by atoms with Crippen molar-refractivity contribution in [3.8, 4) is 0 Å². The minimum atomic E-state index is -0.0469. The van der Waals surface area contributed by atoms with E-state index in [4.69, 9.17) is 0 Å². The lowest BCUT2D eigenvalue weighted by atomic mass is 10.2. The average Bonchev–Trinajstić information content (AvgIpc) is 2.65. The Hall–Kier alpha value is -1.07. The predicted octanol–water partition coefficient (Wildman–Crippen LogP) is 3.03. The number of aryl methyl sites for hydroxylation is 1. The van der Waals surface area contributed by atoms with Crippen LogP contribution in [0, 0.1) is 6.92 Å². The molecule has 0 saturated carbocycles. The fourth-order valence-corrected chi connectivity index (χ4v) is 2.70. The van der Waals surface area contributed by atoms with E-state index in [2.05, 4.69) is 25.9 Å². The normalized spacial score (nSPS) is 10.4. The molecule has 0 aliphatic heterocycles. The van der Waals surface area contributed by atoms with Gasteiger partial charge in [0.15, 0.2) is 5.82 Å². The molecule has 0 atom stereocenters. The van der Waals surface area contributed by atoms with Crippen LogP contribution in [0.5, 0.6) is 0 Å². The largest absolute Gasteiger partial charge is 0.290 e. The molecule has 0 unspecified atom stereocenters. The Morgan fingerprint density at radius 2 is 2.06 bits per heavy atom. The predicted molar refractivity (Wildman–Crippen MR) is 66.8 cm³/mol. The van der Waals surface area contributed by atoms with Crippen LogP contribution in [0.1, 0.15) is 21.1 Å². The van der Waals surface area contributed by atoms with E-state index >= 15 is 0 Å². The third-order valence-electron chi connectivity index (χ3n) is 1.99. The topological polar surface area (TPSA) is 42.9 Å². The number of carbonyl (C=O) groups excluding carboxylic acids is 1. The molecule has 0 aromatic carbocycles. The van der Waals surface area contributed by atoms with Gasteiger partial charge >= 0.3 is 0 Å². The van der Waals surface area contributed by atoms with Gasteiger partial charge in [-0.1, -0.05) is 0 Å². The van der Waals surface area contributed by atoms with E-state index in [1.807, 2.05) is 19.1 Å². The molecule has 82 valence electrons. The van der Waals surface area contributed by atoms with Crippen LogP contribution in [0.15, 0.2) is 28.3 Å². The van der Waals surface area contributed by atoms with Crippen LogP contribution in [-0.4, -0.2) is 15.8 Å². The van der Waals surface area contributed by atoms with Crippen LogP contribution in [-0.2, 0) is 6.42 Å². The molecule has 0 N–H and O–H groups in total. The molecular formula is C11H9BrN2OS. The molecule has 0 aliphatic rings. The summed E-state index contributed by atoms with van der Waals surface area (Å²) in [5, 5.41) is 0. The summed E-state index contributed by atoms with van der Waals surface area (Å²) in [4.78, 5) is 20.8. The number of halogens is 1. The van der Waals surface area contributed by atoms with Crippen LogP contribution in [0.25, 0.3) is 0 Å². The standard InChI is InChI=1S/C11H9BrN2OS/c1-7-5-13-11(14-6-7)9(15)4-8-2-3-10(12)16-8/h2-3,5-6H,4H2,1H3. The summed E-state index contributed by atoms with van der Waals surface area (Å²) < 4.78 is 1.03. The summed E-state index contributed by atoms with van der Waals surface area (Å²) in [6.07, 6.45) is 3.68. The van der Waals surface area contributed by atoms with Gasteiger partial charge in [-0.25, -0.2) is 9.97 Å². The lowest BCUT2D eigenvalue weighted by Gasteiger charge is -1.97. The SMILES string of the molecule is Cc1cnc(C(=O)Cc2ccc(Br)s2)nc1. The highest BCUT2D eigenvalue weighted by Gasteiger charge is 2.11. The number of hydrogen-bond acceptors (Lipinski definition) is 4. The molecular weight excluding hydrogens is 288 g/mol. The van der Waals surface area contributed by atoms with Gasteiger partial charge in [-0.15, -0.1) is 11.3 Å². The molecule has 5 heteroatoms. The summed E-state index contributed by atoms with van der Waals surface area (Å²) in [5.74, 6) is 0.240. The first-order chi connectivity index (χ1) is 7.65. The van der Waals surface area contributed by atoms with Gasteiger partial charge in [-0.2, -0.15) is 0 Å². The third kappa shape index (κ3) is 2.74. The van der Waals surface area contributed by atoms with Gasteiger partial charge in [-0.3, -0.25) is 4.79 Å². The summed E-state index contributed by atoms with van der Waals surface area (Å²) in [6.45, 7) is 1.89. The maximum absolute atomic E-state index is 11.8. The molecule has 0 fully saturated rings. The molecule has 0 aliphatic carbocycles. The van der Waals surface area contributed by atoms with Crippen molar-refractivity contribution in [1.29, 1.82) is 0 Å².